The van der Waals surface area contributed by atoms with Crippen LogP contribution in [0.4, 0.5) is 0 Å². The number of nitrogens with two attached hydrogens (primary N) is 1. The van der Waals surface area contributed by atoms with Crippen molar-refractivity contribution < 1.29 is 0 Å². The van der Waals surface area contributed by atoms with Crippen LogP contribution in [0, 0.1) is 0 Å². The Balaban J connectivity index is 2.65. The second-order valence-corrected chi connectivity index (χ2v) is 4.10. The third kappa shape index (κ3) is 8.39. The van der Waals surface area contributed by atoms with Crippen LogP contribution in [-0.4, -0.2) is 18.9 Å². The minimum atomic E-state index is 0.872. The van der Waals surface area contributed by atoms with Crippen LogP contribution in [0.1, 0.15) is 32.6 Å². The third-order valence-electron chi connectivity index (χ3n) is 1.48. The Morgan fingerprint density at radius 2 is 1.90 bits per heavy atom. The van der Waals surface area contributed by atoms with Crippen molar-refractivity contribution >= 4 is 8.58 Å². The molecule has 0 saturated carbocycles. The lowest BCUT2D eigenvalue weighted by molar-refractivity contribution is 0.731. The summed E-state index contributed by atoms with van der Waals surface area (Å²) in [6.45, 7) is 3.13. The molecule has 10 heavy (non-hydrogen) atoms. The van der Waals surface area contributed by atoms with Gasteiger partial charge in [0.1, 0.15) is 0 Å². The summed E-state index contributed by atoms with van der Waals surface area (Å²) in [6, 6.07) is 0. The van der Waals surface area contributed by atoms with Gasteiger partial charge in [0.25, 0.3) is 0 Å². The first-order valence-corrected chi connectivity index (χ1v) is 5.74. The topological polar surface area (TPSA) is 26.0 Å². The van der Waals surface area contributed by atoms with Crippen molar-refractivity contribution in [2.45, 2.75) is 32.6 Å². The molecule has 0 aliphatic carbocycles. The SMILES string of the molecule is CCCPCCCCCN. The van der Waals surface area contributed by atoms with E-state index in [1.807, 2.05) is 0 Å². The minimum Gasteiger partial charge on any atom is -0.330 e. The van der Waals surface area contributed by atoms with E-state index in [1.165, 1.54) is 46.6 Å². The smallest absolute Gasteiger partial charge is 0.00773 e. The van der Waals surface area contributed by atoms with Gasteiger partial charge in [-0.1, -0.05) is 19.8 Å². The maximum absolute atomic E-state index is 5.37. The molecule has 2 N–H and O–H groups in total. The summed E-state index contributed by atoms with van der Waals surface area (Å²) in [6.07, 6.45) is 8.19. The summed E-state index contributed by atoms with van der Waals surface area (Å²) >= 11 is 0. The molecule has 62 valence electrons. The van der Waals surface area contributed by atoms with E-state index >= 15 is 0 Å². The van der Waals surface area contributed by atoms with Crippen molar-refractivity contribution in [1.82, 2.24) is 0 Å². The quantitative estimate of drug-likeness (QED) is 0.449. The molecular formula is C8H20NP. The van der Waals surface area contributed by atoms with E-state index in [-0.39, 0.29) is 0 Å². The average Bonchev–Trinajstić information content (AvgIpc) is 1.97. The lowest BCUT2D eigenvalue weighted by Crippen LogP contribution is -1.97. The van der Waals surface area contributed by atoms with Gasteiger partial charge in [0.2, 0.25) is 0 Å². The van der Waals surface area contributed by atoms with E-state index in [4.69, 9.17) is 5.73 Å². The molecule has 0 aliphatic rings. The molecule has 0 saturated heterocycles. The first-order valence-electron chi connectivity index (χ1n) is 4.32. The Labute approximate surface area is 66.5 Å². The van der Waals surface area contributed by atoms with E-state index < -0.39 is 0 Å². The normalized spacial score (nSPS) is 11.4. The van der Waals surface area contributed by atoms with Crippen LogP contribution < -0.4 is 5.73 Å². The van der Waals surface area contributed by atoms with Gasteiger partial charge >= 0.3 is 0 Å². The molecule has 0 fully saturated rings. The van der Waals surface area contributed by atoms with Crippen LogP contribution in [0.15, 0.2) is 0 Å². The molecule has 2 heteroatoms. The monoisotopic (exact) mass is 161 g/mol. The first-order chi connectivity index (χ1) is 4.91. The summed E-state index contributed by atoms with van der Waals surface area (Å²) in [5.74, 6) is 0. The van der Waals surface area contributed by atoms with Crippen LogP contribution in [0.5, 0.6) is 0 Å². The molecule has 0 rings (SSSR count). The van der Waals surface area contributed by atoms with Crippen LogP contribution in [0.3, 0.4) is 0 Å². The lowest BCUT2D eigenvalue weighted by atomic mass is 10.2. The maximum atomic E-state index is 5.37. The molecule has 0 amide bonds. The number of rotatable bonds is 7. The van der Waals surface area contributed by atoms with Gasteiger partial charge in [0.15, 0.2) is 0 Å². The molecule has 0 aromatic rings. The van der Waals surface area contributed by atoms with Gasteiger partial charge in [0, 0.05) is 0 Å². The zero-order chi connectivity index (χ0) is 7.66. The number of unbranched alkanes of at least 4 members (excludes halogenated alkanes) is 2. The van der Waals surface area contributed by atoms with Gasteiger partial charge in [0.05, 0.1) is 0 Å². The minimum absolute atomic E-state index is 0.872. The van der Waals surface area contributed by atoms with Crippen molar-refractivity contribution in [1.29, 1.82) is 0 Å². The Bertz CT molecular complexity index is 49.2. The fourth-order valence-corrected chi connectivity index (χ4v) is 1.98. The zero-order valence-corrected chi connectivity index (χ0v) is 8.03. The highest BCUT2D eigenvalue weighted by Crippen LogP contribution is 2.13. The predicted octanol–water partition coefficient (Wildman–Crippen LogP) is 2.20. The van der Waals surface area contributed by atoms with E-state index in [1.54, 1.807) is 0 Å². The van der Waals surface area contributed by atoms with Crippen molar-refractivity contribution in [2.75, 3.05) is 18.9 Å². The molecule has 1 unspecified atom stereocenters. The Morgan fingerprint density at radius 3 is 2.50 bits per heavy atom. The highest BCUT2D eigenvalue weighted by Gasteiger charge is 1.87. The van der Waals surface area contributed by atoms with Gasteiger partial charge in [-0.2, -0.15) is 0 Å². The first kappa shape index (κ1) is 10.4. The second-order valence-electron chi connectivity index (χ2n) is 2.60. The van der Waals surface area contributed by atoms with Crippen LogP contribution in [0.2, 0.25) is 0 Å². The van der Waals surface area contributed by atoms with Crippen LogP contribution >= 0.6 is 8.58 Å². The van der Waals surface area contributed by atoms with Crippen molar-refractivity contribution in [2.24, 2.45) is 5.73 Å². The van der Waals surface area contributed by atoms with E-state index in [0.29, 0.717) is 0 Å². The molecule has 0 heterocycles. The summed E-state index contributed by atoms with van der Waals surface area (Å²) in [5.41, 5.74) is 5.37. The van der Waals surface area contributed by atoms with Crippen molar-refractivity contribution in [3.8, 4) is 0 Å². The summed E-state index contributed by atoms with van der Waals surface area (Å²) < 4.78 is 0. The van der Waals surface area contributed by atoms with Crippen LogP contribution in [0.25, 0.3) is 0 Å². The summed E-state index contributed by atoms with van der Waals surface area (Å²) in [7, 11) is 1.20. The number of hydrogen-bond acceptors (Lipinski definition) is 1. The lowest BCUT2D eigenvalue weighted by Gasteiger charge is -1.98. The summed E-state index contributed by atoms with van der Waals surface area (Å²) in [4.78, 5) is 0. The highest BCUT2D eigenvalue weighted by molar-refractivity contribution is 7.37. The van der Waals surface area contributed by atoms with Gasteiger partial charge in [-0.05, 0) is 31.7 Å². The Morgan fingerprint density at radius 1 is 1.10 bits per heavy atom. The molecule has 0 aliphatic heterocycles. The van der Waals surface area contributed by atoms with Gasteiger partial charge in [-0.25, -0.2) is 0 Å². The fourth-order valence-electron chi connectivity index (χ4n) is 0.873. The average molecular weight is 161 g/mol. The van der Waals surface area contributed by atoms with E-state index in [9.17, 15) is 0 Å². The van der Waals surface area contributed by atoms with Crippen molar-refractivity contribution in [3.63, 3.8) is 0 Å². The fraction of sp³-hybridized carbons (Fsp3) is 1.00. The van der Waals surface area contributed by atoms with Gasteiger partial charge in [-0.3, -0.25) is 0 Å². The Kier molecular flexibility index (Phi) is 9.76. The molecule has 0 radical (unpaired) electrons. The van der Waals surface area contributed by atoms with Gasteiger partial charge in [-0.15, -0.1) is 8.58 Å². The second kappa shape index (κ2) is 9.39. The maximum Gasteiger partial charge on any atom is -0.00773 e. The Hall–Kier alpha value is 0.390. The molecule has 0 aromatic heterocycles. The van der Waals surface area contributed by atoms with Crippen LogP contribution in [-0.2, 0) is 0 Å². The molecule has 1 atom stereocenters. The van der Waals surface area contributed by atoms with Crippen molar-refractivity contribution in [3.05, 3.63) is 0 Å². The van der Waals surface area contributed by atoms with E-state index in [2.05, 4.69) is 6.92 Å². The standard InChI is InChI=1S/C8H20NP/c1-2-7-10-8-5-3-4-6-9/h10H,2-9H2,1H3. The molecule has 0 spiro atoms. The largest absolute Gasteiger partial charge is 0.330 e. The molecule has 0 aromatic carbocycles. The molecular weight excluding hydrogens is 141 g/mol. The van der Waals surface area contributed by atoms with Gasteiger partial charge < -0.3 is 5.73 Å². The summed E-state index contributed by atoms with van der Waals surface area (Å²) in [5, 5.41) is 0. The van der Waals surface area contributed by atoms with E-state index in [0.717, 1.165) is 6.54 Å². The number of hydrogen-bond donors (Lipinski definition) is 1. The zero-order valence-electron chi connectivity index (χ0n) is 7.03. The predicted molar refractivity (Wildman–Crippen MR) is 51.2 cm³/mol. The molecule has 1 nitrogen and oxygen atoms in total. The third-order valence-corrected chi connectivity index (χ3v) is 3.05. The molecule has 0 bridgehead atoms. The highest BCUT2D eigenvalue weighted by atomic mass is 31.1.